The maximum atomic E-state index is 10.7. The summed E-state index contributed by atoms with van der Waals surface area (Å²) in [5, 5.41) is 0. The summed E-state index contributed by atoms with van der Waals surface area (Å²) < 4.78 is 0. The highest BCUT2D eigenvalue weighted by molar-refractivity contribution is 7.12. The molecule has 1 nitrogen and oxygen atoms in total. The molecule has 0 unspecified atom stereocenters. The highest BCUT2D eigenvalue weighted by Crippen LogP contribution is 2.21. The fraction of sp³-hybridized carbons (Fsp3) is 0.500. The second-order valence-electron chi connectivity index (χ2n) is 3.14. The molecule has 1 rings (SSSR count). The van der Waals surface area contributed by atoms with E-state index < -0.39 is 0 Å². The molecule has 0 radical (unpaired) electrons. The molecule has 1 heterocycles. The number of ketones is 1. The highest BCUT2D eigenvalue weighted by Gasteiger charge is 2.03. The number of hydrogen-bond acceptors (Lipinski definition) is 2. The van der Waals surface area contributed by atoms with E-state index in [1.807, 2.05) is 11.3 Å². The lowest BCUT2D eigenvalue weighted by Crippen LogP contribution is -1.93. The SMILES string of the molecule is CC(=O)CCc1cc(C)sc1C. The summed E-state index contributed by atoms with van der Waals surface area (Å²) in [6.07, 6.45) is 1.59. The minimum Gasteiger partial charge on any atom is -0.300 e. The third kappa shape index (κ3) is 2.45. The standard InChI is InChI=1S/C10H14OS/c1-7(11)4-5-10-6-8(2)12-9(10)3/h6H,4-5H2,1-3H3. The van der Waals surface area contributed by atoms with Crippen molar-refractivity contribution in [3.8, 4) is 0 Å². The molecule has 0 bridgehead atoms. The van der Waals surface area contributed by atoms with Gasteiger partial charge in [-0.25, -0.2) is 0 Å². The first kappa shape index (κ1) is 9.46. The van der Waals surface area contributed by atoms with Crippen molar-refractivity contribution in [1.29, 1.82) is 0 Å². The van der Waals surface area contributed by atoms with Gasteiger partial charge < -0.3 is 4.79 Å². The van der Waals surface area contributed by atoms with E-state index >= 15 is 0 Å². The summed E-state index contributed by atoms with van der Waals surface area (Å²) in [4.78, 5) is 13.4. The average Bonchev–Trinajstić information content (AvgIpc) is 2.26. The predicted octanol–water partition coefficient (Wildman–Crippen LogP) is 2.89. The number of hydrogen-bond donors (Lipinski definition) is 0. The van der Waals surface area contributed by atoms with Crippen molar-refractivity contribution in [3.05, 3.63) is 21.4 Å². The van der Waals surface area contributed by atoms with E-state index in [2.05, 4.69) is 19.9 Å². The minimum atomic E-state index is 0.276. The van der Waals surface area contributed by atoms with Crippen LogP contribution in [0.3, 0.4) is 0 Å². The van der Waals surface area contributed by atoms with Crippen LogP contribution in [0.1, 0.15) is 28.7 Å². The second kappa shape index (κ2) is 3.85. The molecule has 66 valence electrons. The van der Waals surface area contributed by atoms with Crippen molar-refractivity contribution in [2.24, 2.45) is 0 Å². The first-order chi connectivity index (χ1) is 5.59. The molecule has 1 aromatic rings. The number of carbonyl (C=O) groups is 1. The molecule has 0 N–H and O–H groups in total. The lowest BCUT2D eigenvalue weighted by atomic mass is 10.1. The van der Waals surface area contributed by atoms with Crippen molar-refractivity contribution >= 4 is 17.1 Å². The maximum absolute atomic E-state index is 10.7. The smallest absolute Gasteiger partial charge is 0.130 e. The Bertz CT molecular complexity index is 286. The van der Waals surface area contributed by atoms with Gasteiger partial charge >= 0.3 is 0 Å². The fourth-order valence-electron chi connectivity index (χ4n) is 1.24. The van der Waals surface area contributed by atoms with Crippen LogP contribution in [0.25, 0.3) is 0 Å². The molecule has 0 aliphatic heterocycles. The van der Waals surface area contributed by atoms with Gasteiger partial charge in [-0.05, 0) is 38.8 Å². The summed E-state index contributed by atoms with van der Waals surface area (Å²) >= 11 is 1.81. The number of rotatable bonds is 3. The average molecular weight is 182 g/mol. The van der Waals surface area contributed by atoms with Gasteiger partial charge in [-0.15, -0.1) is 11.3 Å². The Morgan fingerprint density at radius 3 is 2.58 bits per heavy atom. The van der Waals surface area contributed by atoms with Crippen molar-refractivity contribution in [2.45, 2.75) is 33.6 Å². The van der Waals surface area contributed by atoms with E-state index in [0.717, 1.165) is 6.42 Å². The molecule has 0 aliphatic carbocycles. The molecule has 0 fully saturated rings. The molecule has 0 aliphatic rings. The summed E-state index contributed by atoms with van der Waals surface area (Å²) in [5.74, 6) is 0.276. The zero-order valence-electron chi connectivity index (χ0n) is 7.81. The second-order valence-corrected chi connectivity index (χ2v) is 4.60. The van der Waals surface area contributed by atoms with Crippen LogP contribution in [-0.2, 0) is 11.2 Å². The van der Waals surface area contributed by atoms with E-state index in [0.29, 0.717) is 6.42 Å². The van der Waals surface area contributed by atoms with Crippen LogP contribution < -0.4 is 0 Å². The molecule has 0 saturated heterocycles. The number of carbonyl (C=O) groups excluding carboxylic acids is 1. The number of thiophene rings is 1. The number of aryl methyl sites for hydroxylation is 3. The maximum Gasteiger partial charge on any atom is 0.130 e. The molecule has 1 aromatic heterocycles. The van der Waals surface area contributed by atoms with Crippen LogP contribution in [0.5, 0.6) is 0 Å². The van der Waals surface area contributed by atoms with E-state index in [-0.39, 0.29) is 5.78 Å². The van der Waals surface area contributed by atoms with Crippen LogP contribution in [-0.4, -0.2) is 5.78 Å². The van der Waals surface area contributed by atoms with Crippen LogP contribution in [0.15, 0.2) is 6.07 Å². The van der Waals surface area contributed by atoms with Gasteiger partial charge in [-0.1, -0.05) is 0 Å². The van der Waals surface area contributed by atoms with Crippen molar-refractivity contribution in [3.63, 3.8) is 0 Å². The van der Waals surface area contributed by atoms with Crippen molar-refractivity contribution in [1.82, 2.24) is 0 Å². The van der Waals surface area contributed by atoms with Crippen LogP contribution in [0.4, 0.5) is 0 Å². The van der Waals surface area contributed by atoms with Gasteiger partial charge in [0.2, 0.25) is 0 Å². The Morgan fingerprint density at radius 1 is 1.50 bits per heavy atom. The van der Waals surface area contributed by atoms with Crippen molar-refractivity contribution < 1.29 is 4.79 Å². The molecule has 0 spiro atoms. The van der Waals surface area contributed by atoms with Gasteiger partial charge in [0.05, 0.1) is 0 Å². The third-order valence-electron chi connectivity index (χ3n) is 1.89. The highest BCUT2D eigenvalue weighted by atomic mass is 32.1. The van der Waals surface area contributed by atoms with E-state index in [1.165, 1.54) is 15.3 Å². The third-order valence-corrected chi connectivity index (χ3v) is 2.90. The van der Waals surface area contributed by atoms with Gasteiger partial charge in [0.15, 0.2) is 0 Å². The Hall–Kier alpha value is -0.630. The Morgan fingerprint density at radius 2 is 2.17 bits per heavy atom. The first-order valence-electron chi connectivity index (χ1n) is 4.15. The van der Waals surface area contributed by atoms with Gasteiger partial charge in [0.25, 0.3) is 0 Å². The quantitative estimate of drug-likeness (QED) is 0.702. The molecule has 2 heteroatoms. The monoisotopic (exact) mass is 182 g/mol. The molecular weight excluding hydrogens is 168 g/mol. The fourth-order valence-corrected chi connectivity index (χ4v) is 2.22. The van der Waals surface area contributed by atoms with Crippen LogP contribution in [0, 0.1) is 13.8 Å². The molecule has 12 heavy (non-hydrogen) atoms. The Balaban J connectivity index is 2.62. The minimum absolute atomic E-state index is 0.276. The summed E-state index contributed by atoms with van der Waals surface area (Å²) in [6.45, 7) is 5.87. The van der Waals surface area contributed by atoms with Crippen molar-refractivity contribution in [2.75, 3.05) is 0 Å². The van der Waals surface area contributed by atoms with E-state index in [9.17, 15) is 4.79 Å². The summed E-state index contributed by atoms with van der Waals surface area (Å²) in [6, 6.07) is 2.18. The summed E-state index contributed by atoms with van der Waals surface area (Å²) in [5.41, 5.74) is 1.34. The van der Waals surface area contributed by atoms with Gasteiger partial charge in [-0.3, -0.25) is 0 Å². The normalized spacial score (nSPS) is 10.2. The molecule has 0 atom stereocenters. The molecule has 0 saturated carbocycles. The Labute approximate surface area is 77.4 Å². The van der Waals surface area contributed by atoms with Crippen LogP contribution in [0.2, 0.25) is 0 Å². The van der Waals surface area contributed by atoms with Gasteiger partial charge in [-0.2, -0.15) is 0 Å². The van der Waals surface area contributed by atoms with Crippen LogP contribution >= 0.6 is 11.3 Å². The summed E-state index contributed by atoms with van der Waals surface area (Å²) in [7, 11) is 0. The largest absolute Gasteiger partial charge is 0.300 e. The molecule has 0 amide bonds. The Kier molecular flexibility index (Phi) is 3.04. The van der Waals surface area contributed by atoms with Gasteiger partial charge in [0, 0.05) is 16.2 Å². The molecule has 0 aromatic carbocycles. The topological polar surface area (TPSA) is 17.1 Å². The first-order valence-corrected chi connectivity index (χ1v) is 4.96. The molecular formula is C10H14OS. The predicted molar refractivity (Wildman–Crippen MR) is 52.8 cm³/mol. The zero-order valence-corrected chi connectivity index (χ0v) is 8.62. The van der Waals surface area contributed by atoms with Gasteiger partial charge in [0.1, 0.15) is 5.78 Å². The van der Waals surface area contributed by atoms with E-state index in [4.69, 9.17) is 0 Å². The lowest BCUT2D eigenvalue weighted by Gasteiger charge is -1.95. The van der Waals surface area contributed by atoms with E-state index in [1.54, 1.807) is 6.92 Å². The lowest BCUT2D eigenvalue weighted by molar-refractivity contribution is -0.116. The zero-order chi connectivity index (χ0) is 9.14. The number of Topliss-reactive ketones (excluding diaryl/α,β-unsaturated/α-hetero) is 1.